The van der Waals surface area contributed by atoms with Crippen molar-refractivity contribution in [2.75, 3.05) is 19.6 Å². The van der Waals surface area contributed by atoms with E-state index in [-0.39, 0.29) is 18.4 Å². The molecule has 0 bridgehead atoms. The first kappa shape index (κ1) is 17.5. The van der Waals surface area contributed by atoms with Crippen molar-refractivity contribution in [3.05, 3.63) is 65.6 Å². The summed E-state index contributed by atoms with van der Waals surface area (Å²) in [6.07, 6.45) is 3.48. The number of likely N-dealkylation sites (tertiary alicyclic amines) is 1. The monoisotopic (exact) mass is 389 g/mol. The van der Waals surface area contributed by atoms with E-state index in [1.165, 1.54) is 0 Å². The summed E-state index contributed by atoms with van der Waals surface area (Å²) < 4.78 is 1.99. The summed E-state index contributed by atoms with van der Waals surface area (Å²) in [6.45, 7) is 0.910. The van der Waals surface area contributed by atoms with Gasteiger partial charge in [0.2, 0.25) is 5.91 Å². The second kappa shape index (κ2) is 6.80. The van der Waals surface area contributed by atoms with Crippen molar-refractivity contribution in [3.63, 3.8) is 0 Å². The molecule has 1 fully saturated rings. The normalized spacial score (nSPS) is 17.2. The molecular formula is C21H19N5O3. The molecule has 2 aliphatic rings. The fourth-order valence-electron chi connectivity index (χ4n) is 4.14. The Balaban J connectivity index is 1.24. The molecule has 0 spiro atoms. The SMILES string of the molecule is O=C(CN1C(=O)c2ccccc2C1=O)N1CCC(c2nnc3ccccn23)CC1. The Hall–Kier alpha value is -3.55. The number of carbonyl (C=O) groups excluding carboxylic acids is 3. The van der Waals surface area contributed by atoms with Crippen LogP contribution in [0.2, 0.25) is 0 Å². The predicted molar refractivity (Wildman–Crippen MR) is 103 cm³/mol. The number of amides is 3. The lowest BCUT2D eigenvalue weighted by Crippen LogP contribution is -2.45. The predicted octanol–water partition coefficient (Wildman–Crippen LogP) is 1.73. The smallest absolute Gasteiger partial charge is 0.262 e. The Kier molecular flexibility index (Phi) is 4.12. The number of piperidine rings is 1. The first-order valence-electron chi connectivity index (χ1n) is 9.66. The van der Waals surface area contributed by atoms with Crippen molar-refractivity contribution in [1.82, 2.24) is 24.4 Å². The first-order chi connectivity index (χ1) is 14.1. The molecule has 5 rings (SSSR count). The Labute approximate surface area is 166 Å². The first-order valence-corrected chi connectivity index (χ1v) is 9.66. The molecule has 4 heterocycles. The molecule has 0 atom stereocenters. The van der Waals surface area contributed by atoms with Crippen LogP contribution in [-0.2, 0) is 4.79 Å². The average molecular weight is 389 g/mol. The zero-order valence-corrected chi connectivity index (χ0v) is 15.7. The highest BCUT2D eigenvalue weighted by Gasteiger charge is 2.37. The van der Waals surface area contributed by atoms with Crippen molar-refractivity contribution in [1.29, 1.82) is 0 Å². The van der Waals surface area contributed by atoms with Gasteiger partial charge in [-0.3, -0.25) is 23.7 Å². The van der Waals surface area contributed by atoms with Crippen LogP contribution >= 0.6 is 0 Å². The van der Waals surface area contributed by atoms with E-state index in [9.17, 15) is 14.4 Å². The van der Waals surface area contributed by atoms with Crippen molar-refractivity contribution < 1.29 is 14.4 Å². The molecule has 8 heteroatoms. The number of nitrogens with zero attached hydrogens (tertiary/aromatic N) is 5. The summed E-state index contributed by atoms with van der Waals surface area (Å²) in [7, 11) is 0. The third kappa shape index (κ3) is 2.88. The Morgan fingerprint density at radius 3 is 2.28 bits per heavy atom. The highest BCUT2D eigenvalue weighted by molar-refractivity contribution is 6.22. The van der Waals surface area contributed by atoms with Crippen LogP contribution in [0.15, 0.2) is 48.7 Å². The molecule has 0 unspecified atom stereocenters. The Morgan fingerprint density at radius 2 is 1.59 bits per heavy atom. The molecule has 0 radical (unpaired) electrons. The minimum Gasteiger partial charge on any atom is -0.341 e. The van der Waals surface area contributed by atoms with Gasteiger partial charge in [-0.15, -0.1) is 10.2 Å². The quantitative estimate of drug-likeness (QED) is 0.637. The van der Waals surface area contributed by atoms with Crippen LogP contribution < -0.4 is 0 Å². The van der Waals surface area contributed by atoms with Gasteiger partial charge in [0.1, 0.15) is 12.4 Å². The number of pyridine rings is 1. The molecule has 2 aliphatic heterocycles. The molecule has 3 aromatic rings. The van der Waals surface area contributed by atoms with Crippen molar-refractivity contribution in [2.24, 2.45) is 0 Å². The van der Waals surface area contributed by atoms with Gasteiger partial charge in [-0.2, -0.15) is 0 Å². The Morgan fingerprint density at radius 1 is 0.931 bits per heavy atom. The van der Waals surface area contributed by atoms with Crippen molar-refractivity contribution in [2.45, 2.75) is 18.8 Å². The van der Waals surface area contributed by atoms with Crippen LogP contribution in [0.3, 0.4) is 0 Å². The largest absolute Gasteiger partial charge is 0.341 e. The van der Waals surface area contributed by atoms with Gasteiger partial charge in [0.05, 0.1) is 11.1 Å². The van der Waals surface area contributed by atoms with Crippen LogP contribution in [0.1, 0.15) is 45.3 Å². The summed E-state index contributed by atoms with van der Waals surface area (Å²) in [5.41, 5.74) is 1.54. The van der Waals surface area contributed by atoms with Gasteiger partial charge in [0, 0.05) is 25.2 Å². The second-order valence-electron chi connectivity index (χ2n) is 7.38. The van der Waals surface area contributed by atoms with Gasteiger partial charge in [0.15, 0.2) is 5.65 Å². The molecule has 0 saturated carbocycles. The molecule has 146 valence electrons. The maximum Gasteiger partial charge on any atom is 0.262 e. The summed E-state index contributed by atoms with van der Waals surface area (Å²) in [5, 5.41) is 8.53. The summed E-state index contributed by atoms with van der Waals surface area (Å²) in [5.74, 6) is 0.125. The third-order valence-electron chi connectivity index (χ3n) is 5.72. The molecule has 0 aliphatic carbocycles. The van der Waals surface area contributed by atoms with Crippen molar-refractivity contribution >= 4 is 23.4 Å². The highest BCUT2D eigenvalue weighted by atomic mass is 16.2. The fraction of sp³-hybridized carbons (Fsp3) is 0.286. The lowest BCUT2D eigenvalue weighted by Gasteiger charge is -2.32. The number of hydrogen-bond acceptors (Lipinski definition) is 5. The number of rotatable bonds is 3. The van der Waals surface area contributed by atoms with E-state index in [4.69, 9.17) is 0 Å². The molecule has 2 aromatic heterocycles. The molecule has 0 N–H and O–H groups in total. The fourth-order valence-corrected chi connectivity index (χ4v) is 4.14. The van der Waals surface area contributed by atoms with Crippen molar-refractivity contribution in [3.8, 4) is 0 Å². The maximum atomic E-state index is 12.7. The number of fused-ring (bicyclic) bond motifs is 2. The average Bonchev–Trinajstić information content (AvgIpc) is 3.29. The maximum absolute atomic E-state index is 12.7. The number of imide groups is 1. The van der Waals surface area contributed by atoms with E-state index in [2.05, 4.69) is 10.2 Å². The van der Waals surface area contributed by atoms with Gasteiger partial charge < -0.3 is 4.90 Å². The molecule has 8 nitrogen and oxygen atoms in total. The summed E-state index contributed by atoms with van der Waals surface area (Å²) >= 11 is 0. The van der Waals surface area contributed by atoms with Crippen LogP contribution in [0.5, 0.6) is 0 Å². The lowest BCUT2D eigenvalue weighted by molar-refractivity contribution is -0.132. The van der Waals surface area contributed by atoms with E-state index in [1.54, 1.807) is 29.2 Å². The van der Waals surface area contributed by atoms with Crippen LogP contribution in [0, 0.1) is 0 Å². The molecular weight excluding hydrogens is 370 g/mol. The number of carbonyl (C=O) groups is 3. The minimum atomic E-state index is -0.399. The van der Waals surface area contributed by atoms with Crippen LogP contribution in [-0.4, -0.2) is 61.8 Å². The van der Waals surface area contributed by atoms with E-state index in [1.807, 2.05) is 28.8 Å². The standard InChI is InChI=1S/C21H19N5O3/c27-18(13-26-20(28)15-5-1-2-6-16(15)21(26)29)24-11-8-14(9-12-24)19-23-22-17-7-3-4-10-25(17)19/h1-7,10,14H,8-9,11-13H2. The molecule has 29 heavy (non-hydrogen) atoms. The topological polar surface area (TPSA) is 87.9 Å². The van der Waals surface area contributed by atoms with E-state index in [0.717, 1.165) is 29.2 Å². The summed E-state index contributed by atoms with van der Waals surface area (Å²) in [4.78, 5) is 40.5. The molecule has 1 saturated heterocycles. The molecule has 3 amide bonds. The van der Waals surface area contributed by atoms with E-state index < -0.39 is 11.8 Å². The number of benzene rings is 1. The lowest BCUT2D eigenvalue weighted by atomic mass is 9.96. The molecule has 1 aromatic carbocycles. The summed E-state index contributed by atoms with van der Waals surface area (Å²) in [6, 6.07) is 12.5. The zero-order valence-electron chi connectivity index (χ0n) is 15.7. The van der Waals surface area contributed by atoms with Gasteiger partial charge in [-0.1, -0.05) is 18.2 Å². The van der Waals surface area contributed by atoms with E-state index >= 15 is 0 Å². The van der Waals surface area contributed by atoms with Gasteiger partial charge in [0.25, 0.3) is 11.8 Å². The van der Waals surface area contributed by atoms with Crippen LogP contribution in [0.25, 0.3) is 5.65 Å². The highest BCUT2D eigenvalue weighted by Crippen LogP contribution is 2.28. The second-order valence-corrected chi connectivity index (χ2v) is 7.38. The van der Waals surface area contributed by atoms with E-state index in [0.29, 0.717) is 24.2 Å². The third-order valence-corrected chi connectivity index (χ3v) is 5.72. The van der Waals surface area contributed by atoms with Gasteiger partial charge in [-0.05, 0) is 37.1 Å². The Bertz CT molecular complexity index is 1100. The number of aromatic nitrogens is 3. The van der Waals surface area contributed by atoms with Gasteiger partial charge >= 0.3 is 0 Å². The zero-order chi connectivity index (χ0) is 20.0. The number of hydrogen-bond donors (Lipinski definition) is 0. The van der Waals surface area contributed by atoms with Gasteiger partial charge in [-0.25, -0.2) is 0 Å². The van der Waals surface area contributed by atoms with Crippen LogP contribution in [0.4, 0.5) is 0 Å². The minimum absolute atomic E-state index is 0.205.